The maximum absolute atomic E-state index is 5.90. The molecule has 0 amide bonds. The highest BCUT2D eigenvalue weighted by Crippen LogP contribution is 2.19. The monoisotopic (exact) mass is 370 g/mol. The van der Waals surface area contributed by atoms with Crippen molar-refractivity contribution < 1.29 is 4.74 Å². The van der Waals surface area contributed by atoms with Crippen molar-refractivity contribution in [2.24, 2.45) is 0 Å². The van der Waals surface area contributed by atoms with E-state index in [9.17, 15) is 0 Å². The highest BCUT2D eigenvalue weighted by Gasteiger charge is 2.09. The highest BCUT2D eigenvalue weighted by atomic mass is 35.5. The average Bonchev–Trinajstić information content (AvgIpc) is 3.01. The van der Waals surface area contributed by atoms with Gasteiger partial charge in [0.25, 0.3) is 0 Å². The minimum atomic E-state index is 0.722. The van der Waals surface area contributed by atoms with E-state index in [2.05, 4.69) is 35.8 Å². The van der Waals surface area contributed by atoms with Crippen LogP contribution in [0.5, 0.6) is 5.75 Å². The lowest BCUT2D eigenvalue weighted by Crippen LogP contribution is -2.06. The Morgan fingerprint density at radius 3 is 2.58 bits per heavy atom. The van der Waals surface area contributed by atoms with Crippen LogP contribution in [-0.2, 0) is 13.0 Å². The summed E-state index contributed by atoms with van der Waals surface area (Å²) in [5, 5.41) is 0.736. The second kappa shape index (κ2) is 9.63. The number of rotatable bonds is 10. The third-order valence-electron chi connectivity index (χ3n) is 4.60. The van der Waals surface area contributed by atoms with Crippen molar-refractivity contribution in [3.8, 4) is 5.75 Å². The molecule has 0 aliphatic rings. The number of aromatic nitrogens is 2. The first kappa shape index (κ1) is 18.8. The molecular formula is C22H27ClN2O. The number of fused-ring (bicyclic) bond motifs is 1. The Morgan fingerprint density at radius 1 is 0.962 bits per heavy atom. The predicted molar refractivity (Wildman–Crippen MR) is 109 cm³/mol. The zero-order chi connectivity index (χ0) is 18.2. The summed E-state index contributed by atoms with van der Waals surface area (Å²) in [6.45, 7) is 3.95. The number of benzene rings is 2. The van der Waals surface area contributed by atoms with Crippen molar-refractivity contribution in [3.05, 3.63) is 59.4 Å². The van der Waals surface area contributed by atoms with Crippen LogP contribution in [0, 0.1) is 0 Å². The first-order valence-corrected chi connectivity index (χ1v) is 9.98. The Kier molecular flexibility index (Phi) is 6.96. The molecule has 0 unspecified atom stereocenters. The molecular weight excluding hydrogens is 344 g/mol. The Balaban J connectivity index is 1.55. The van der Waals surface area contributed by atoms with Crippen molar-refractivity contribution >= 4 is 22.6 Å². The number of nitrogens with zero attached hydrogens (tertiary/aromatic N) is 2. The Bertz CT molecular complexity index is 811. The average molecular weight is 371 g/mol. The topological polar surface area (TPSA) is 27.1 Å². The van der Waals surface area contributed by atoms with Gasteiger partial charge in [-0.15, -0.1) is 0 Å². The summed E-state index contributed by atoms with van der Waals surface area (Å²) in [5.41, 5.74) is 2.36. The molecule has 0 atom stereocenters. The molecule has 0 N–H and O–H groups in total. The maximum Gasteiger partial charge on any atom is 0.119 e. The van der Waals surface area contributed by atoms with Gasteiger partial charge in [-0.1, -0.05) is 43.5 Å². The maximum atomic E-state index is 5.90. The van der Waals surface area contributed by atoms with Gasteiger partial charge in [-0.3, -0.25) is 0 Å². The lowest BCUT2D eigenvalue weighted by molar-refractivity contribution is 0.303. The zero-order valence-electron chi connectivity index (χ0n) is 15.5. The zero-order valence-corrected chi connectivity index (χ0v) is 16.2. The molecule has 26 heavy (non-hydrogen) atoms. The number of ether oxygens (including phenoxy) is 1. The molecule has 1 aromatic heterocycles. The summed E-state index contributed by atoms with van der Waals surface area (Å²) in [6, 6.07) is 16.0. The summed E-state index contributed by atoms with van der Waals surface area (Å²) in [4.78, 5) is 4.86. The largest absolute Gasteiger partial charge is 0.494 e. The summed E-state index contributed by atoms with van der Waals surface area (Å²) in [7, 11) is 0. The van der Waals surface area contributed by atoms with Crippen LogP contribution < -0.4 is 4.74 Å². The standard InChI is InChI=1S/C22H27ClN2O/c1-2-3-4-11-22-24-20-9-5-6-10-21(20)25(22)16-7-8-17-26-19-14-12-18(23)13-15-19/h5-6,9-10,12-15H,2-4,7-8,11,16-17H2,1H3. The van der Waals surface area contributed by atoms with Crippen LogP contribution >= 0.6 is 11.6 Å². The molecule has 4 heteroatoms. The molecule has 0 bridgehead atoms. The molecule has 0 fully saturated rings. The van der Waals surface area contributed by atoms with Crippen molar-refractivity contribution in [1.29, 1.82) is 0 Å². The van der Waals surface area contributed by atoms with Crippen LogP contribution in [0.15, 0.2) is 48.5 Å². The van der Waals surface area contributed by atoms with Gasteiger partial charge in [-0.05, 0) is 55.7 Å². The molecule has 0 aliphatic heterocycles. The minimum absolute atomic E-state index is 0.722. The van der Waals surface area contributed by atoms with E-state index >= 15 is 0 Å². The number of hydrogen-bond acceptors (Lipinski definition) is 2. The molecule has 0 saturated carbocycles. The fourth-order valence-electron chi connectivity index (χ4n) is 3.19. The van der Waals surface area contributed by atoms with Crippen LogP contribution in [0.1, 0.15) is 44.9 Å². The van der Waals surface area contributed by atoms with Crippen LogP contribution in [-0.4, -0.2) is 16.2 Å². The summed E-state index contributed by atoms with van der Waals surface area (Å²) < 4.78 is 8.19. The van der Waals surface area contributed by atoms with E-state index in [0.29, 0.717) is 0 Å². The van der Waals surface area contributed by atoms with Gasteiger partial charge < -0.3 is 9.30 Å². The van der Waals surface area contributed by atoms with E-state index in [4.69, 9.17) is 21.3 Å². The second-order valence-electron chi connectivity index (χ2n) is 6.63. The fourth-order valence-corrected chi connectivity index (χ4v) is 3.32. The lowest BCUT2D eigenvalue weighted by Gasteiger charge is -2.10. The van der Waals surface area contributed by atoms with Crippen molar-refractivity contribution in [2.75, 3.05) is 6.61 Å². The summed E-state index contributed by atoms with van der Waals surface area (Å²) in [6.07, 6.45) is 6.86. The smallest absolute Gasteiger partial charge is 0.119 e. The van der Waals surface area contributed by atoms with Crippen LogP contribution in [0.2, 0.25) is 5.02 Å². The van der Waals surface area contributed by atoms with E-state index in [-0.39, 0.29) is 0 Å². The molecule has 3 nitrogen and oxygen atoms in total. The summed E-state index contributed by atoms with van der Waals surface area (Å²) >= 11 is 5.90. The van der Waals surface area contributed by atoms with E-state index in [1.165, 1.54) is 30.6 Å². The number of halogens is 1. The van der Waals surface area contributed by atoms with Gasteiger partial charge >= 0.3 is 0 Å². The van der Waals surface area contributed by atoms with Crippen LogP contribution in [0.3, 0.4) is 0 Å². The fraction of sp³-hybridized carbons (Fsp3) is 0.409. The van der Waals surface area contributed by atoms with Crippen LogP contribution in [0.4, 0.5) is 0 Å². The van der Waals surface area contributed by atoms with Gasteiger partial charge in [0, 0.05) is 18.0 Å². The van der Waals surface area contributed by atoms with E-state index in [1.807, 2.05) is 24.3 Å². The molecule has 2 aromatic carbocycles. The molecule has 138 valence electrons. The lowest BCUT2D eigenvalue weighted by atomic mass is 10.2. The van der Waals surface area contributed by atoms with Gasteiger partial charge in [0.05, 0.1) is 17.6 Å². The molecule has 0 aliphatic carbocycles. The van der Waals surface area contributed by atoms with Crippen molar-refractivity contribution in [3.63, 3.8) is 0 Å². The highest BCUT2D eigenvalue weighted by molar-refractivity contribution is 6.30. The number of hydrogen-bond donors (Lipinski definition) is 0. The Hall–Kier alpha value is -2.00. The Morgan fingerprint density at radius 2 is 1.77 bits per heavy atom. The number of aryl methyl sites for hydroxylation is 2. The quantitative estimate of drug-likeness (QED) is 0.392. The minimum Gasteiger partial charge on any atom is -0.494 e. The van der Waals surface area contributed by atoms with E-state index in [1.54, 1.807) is 0 Å². The van der Waals surface area contributed by atoms with Gasteiger partial charge in [0.1, 0.15) is 11.6 Å². The van der Waals surface area contributed by atoms with Crippen molar-refractivity contribution in [2.45, 2.75) is 52.0 Å². The van der Waals surface area contributed by atoms with Gasteiger partial charge in [0.2, 0.25) is 0 Å². The molecule has 3 rings (SSSR count). The van der Waals surface area contributed by atoms with Gasteiger partial charge in [-0.2, -0.15) is 0 Å². The first-order chi connectivity index (χ1) is 12.8. The molecule has 0 spiro atoms. The SMILES string of the molecule is CCCCCc1nc2ccccc2n1CCCCOc1ccc(Cl)cc1. The Labute approximate surface area is 161 Å². The number of unbranched alkanes of at least 4 members (excludes halogenated alkanes) is 3. The summed E-state index contributed by atoms with van der Waals surface area (Å²) in [5.74, 6) is 2.10. The van der Waals surface area contributed by atoms with Gasteiger partial charge in [0.15, 0.2) is 0 Å². The first-order valence-electron chi connectivity index (χ1n) is 9.60. The van der Waals surface area contributed by atoms with Crippen LogP contribution in [0.25, 0.3) is 11.0 Å². The molecule has 0 radical (unpaired) electrons. The van der Waals surface area contributed by atoms with Crippen molar-refractivity contribution in [1.82, 2.24) is 9.55 Å². The molecule has 1 heterocycles. The van der Waals surface area contributed by atoms with E-state index in [0.717, 1.165) is 48.7 Å². The third kappa shape index (κ3) is 5.01. The number of imidazole rings is 1. The molecule has 3 aromatic rings. The number of para-hydroxylation sites is 2. The van der Waals surface area contributed by atoms with E-state index < -0.39 is 0 Å². The third-order valence-corrected chi connectivity index (χ3v) is 4.85. The molecule has 0 saturated heterocycles. The second-order valence-corrected chi connectivity index (χ2v) is 7.07. The normalized spacial score (nSPS) is 11.2. The predicted octanol–water partition coefficient (Wildman–Crippen LogP) is 6.28. The van der Waals surface area contributed by atoms with Gasteiger partial charge in [-0.25, -0.2) is 4.98 Å².